The number of amides is 3. The van der Waals surface area contributed by atoms with Gasteiger partial charge in [0, 0.05) is 20.9 Å². The van der Waals surface area contributed by atoms with Gasteiger partial charge in [-0.15, -0.1) is 0 Å². The maximum Gasteiger partial charge on any atom is 0.328 e. The quantitative estimate of drug-likeness (QED) is 0.227. The monoisotopic (exact) mass is 656 g/mol. The summed E-state index contributed by atoms with van der Waals surface area (Å²) in [5.41, 5.74) is 5.78. The first-order valence-electron chi connectivity index (χ1n) is 11.9. The van der Waals surface area contributed by atoms with Gasteiger partial charge in [-0.2, -0.15) is 0 Å². The van der Waals surface area contributed by atoms with E-state index < -0.39 is 17.7 Å². The highest BCUT2D eigenvalue weighted by Crippen LogP contribution is 2.28. The first-order valence-corrected chi connectivity index (χ1v) is 13.5. The highest BCUT2D eigenvalue weighted by Gasteiger charge is 2.21. The van der Waals surface area contributed by atoms with Crippen LogP contribution in [0.5, 0.6) is 11.5 Å². The standard InChI is InChI=1S/C28H26Br2N4O5/c1-16-4-7-21(20(30)12-16)32-26(35)23-15-18-14-19(29)6-8-22(18)34(23)33-28(37)27(36)31-11-10-17-5-9-24(38-2)25(13-17)39-3/h4-9,12-15H,10-11H2,1-3H3,(H,31,36)(H,32,35)(H,33,37). The molecule has 202 valence electrons. The van der Waals surface area contributed by atoms with Crippen molar-refractivity contribution in [3.63, 3.8) is 0 Å². The number of halogens is 2. The summed E-state index contributed by atoms with van der Waals surface area (Å²) in [4.78, 5) is 38.7. The van der Waals surface area contributed by atoms with Crippen LogP contribution < -0.4 is 25.5 Å². The second-order valence-corrected chi connectivity index (χ2v) is 10.4. The van der Waals surface area contributed by atoms with E-state index in [0.29, 0.717) is 34.5 Å². The van der Waals surface area contributed by atoms with Crippen LogP contribution in [0.1, 0.15) is 21.6 Å². The Balaban J connectivity index is 1.49. The Morgan fingerprint density at radius 3 is 2.36 bits per heavy atom. The van der Waals surface area contributed by atoms with Gasteiger partial charge in [-0.05, 0) is 88.9 Å². The largest absolute Gasteiger partial charge is 0.493 e. The minimum Gasteiger partial charge on any atom is -0.493 e. The van der Waals surface area contributed by atoms with Crippen molar-refractivity contribution in [2.24, 2.45) is 0 Å². The van der Waals surface area contributed by atoms with E-state index in [1.165, 1.54) is 4.68 Å². The molecule has 0 radical (unpaired) electrons. The minimum atomic E-state index is -0.909. The van der Waals surface area contributed by atoms with Crippen molar-refractivity contribution in [1.82, 2.24) is 9.99 Å². The van der Waals surface area contributed by atoms with Gasteiger partial charge in [-0.1, -0.05) is 28.1 Å². The van der Waals surface area contributed by atoms with Gasteiger partial charge < -0.3 is 20.1 Å². The van der Waals surface area contributed by atoms with Crippen LogP contribution in [0.4, 0.5) is 5.69 Å². The van der Waals surface area contributed by atoms with Gasteiger partial charge in [0.15, 0.2) is 11.5 Å². The third-order valence-electron chi connectivity index (χ3n) is 5.94. The molecule has 0 fully saturated rings. The molecular weight excluding hydrogens is 632 g/mol. The second kappa shape index (κ2) is 12.4. The normalized spacial score (nSPS) is 10.7. The number of benzene rings is 3. The molecule has 0 saturated heterocycles. The van der Waals surface area contributed by atoms with Crippen LogP contribution in [-0.2, 0) is 16.0 Å². The van der Waals surface area contributed by atoms with Crippen molar-refractivity contribution in [3.05, 3.63) is 86.4 Å². The zero-order chi connectivity index (χ0) is 28.1. The maximum atomic E-state index is 13.3. The summed E-state index contributed by atoms with van der Waals surface area (Å²) in [5, 5.41) is 6.17. The van der Waals surface area contributed by atoms with E-state index in [1.54, 1.807) is 44.6 Å². The highest BCUT2D eigenvalue weighted by molar-refractivity contribution is 9.10. The van der Waals surface area contributed by atoms with Crippen molar-refractivity contribution in [3.8, 4) is 11.5 Å². The van der Waals surface area contributed by atoms with E-state index in [9.17, 15) is 14.4 Å². The number of rotatable bonds is 8. The molecule has 3 amide bonds. The summed E-state index contributed by atoms with van der Waals surface area (Å²) in [6.07, 6.45) is 0.471. The SMILES string of the molecule is COc1ccc(CCNC(=O)C(=O)Nn2c(C(=O)Nc3ccc(C)cc3Br)cc3cc(Br)ccc32)cc1OC. The molecule has 3 aromatic carbocycles. The number of aryl methyl sites for hydroxylation is 1. The average molecular weight is 658 g/mol. The summed E-state index contributed by atoms with van der Waals surface area (Å²) >= 11 is 6.89. The van der Waals surface area contributed by atoms with E-state index >= 15 is 0 Å². The molecule has 4 aromatic rings. The molecule has 0 aliphatic carbocycles. The Kier molecular flexibility index (Phi) is 8.93. The molecule has 3 N–H and O–H groups in total. The first-order chi connectivity index (χ1) is 18.7. The third kappa shape index (κ3) is 6.61. The van der Waals surface area contributed by atoms with Gasteiger partial charge in [-0.25, -0.2) is 4.68 Å². The number of anilines is 1. The highest BCUT2D eigenvalue weighted by atomic mass is 79.9. The van der Waals surface area contributed by atoms with E-state index in [1.807, 2.05) is 37.3 Å². The smallest absolute Gasteiger partial charge is 0.328 e. The van der Waals surface area contributed by atoms with Crippen LogP contribution in [0.2, 0.25) is 0 Å². The molecule has 0 spiro atoms. The number of nitrogens with one attached hydrogen (secondary N) is 3. The molecule has 0 unspecified atom stereocenters. The first kappa shape index (κ1) is 28.2. The lowest BCUT2D eigenvalue weighted by Crippen LogP contribution is -2.40. The summed E-state index contributed by atoms with van der Waals surface area (Å²) in [7, 11) is 3.10. The zero-order valence-electron chi connectivity index (χ0n) is 21.4. The van der Waals surface area contributed by atoms with Gasteiger partial charge in [0.2, 0.25) is 0 Å². The van der Waals surface area contributed by atoms with E-state index in [-0.39, 0.29) is 12.2 Å². The number of aromatic nitrogens is 1. The minimum absolute atomic E-state index is 0.155. The molecule has 4 rings (SSSR count). The molecule has 1 aromatic heterocycles. The summed E-state index contributed by atoms with van der Waals surface area (Å²) < 4.78 is 13.4. The fourth-order valence-corrected chi connectivity index (χ4v) is 4.94. The predicted octanol–water partition coefficient (Wildman–Crippen LogP) is 5.17. The molecule has 0 aliphatic heterocycles. The molecule has 0 saturated carbocycles. The molecule has 0 atom stereocenters. The van der Waals surface area contributed by atoms with Crippen LogP contribution >= 0.6 is 31.9 Å². The lowest BCUT2D eigenvalue weighted by molar-refractivity contribution is -0.136. The molecule has 11 heteroatoms. The third-order valence-corrected chi connectivity index (χ3v) is 7.09. The fraction of sp³-hybridized carbons (Fsp3) is 0.179. The number of methoxy groups -OCH3 is 2. The number of hydrogen-bond acceptors (Lipinski definition) is 5. The Bertz CT molecular complexity index is 1570. The predicted molar refractivity (Wildman–Crippen MR) is 157 cm³/mol. The van der Waals surface area contributed by atoms with Crippen LogP contribution in [0.25, 0.3) is 10.9 Å². The Morgan fingerprint density at radius 2 is 1.64 bits per heavy atom. The Labute approximate surface area is 242 Å². The van der Waals surface area contributed by atoms with E-state index in [4.69, 9.17) is 9.47 Å². The molecular formula is C28H26Br2N4O5. The molecule has 9 nitrogen and oxygen atoms in total. The lowest BCUT2D eigenvalue weighted by atomic mass is 10.1. The summed E-state index contributed by atoms with van der Waals surface area (Å²) in [5.74, 6) is -1.02. The van der Waals surface area contributed by atoms with Crippen molar-refractivity contribution in [2.75, 3.05) is 31.5 Å². The topological polar surface area (TPSA) is 111 Å². The van der Waals surface area contributed by atoms with E-state index in [2.05, 4.69) is 47.9 Å². The number of ether oxygens (including phenoxy) is 2. The van der Waals surface area contributed by atoms with Crippen LogP contribution in [0.15, 0.2) is 69.6 Å². The fourth-order valence-electron chi connectivity index (χ4n) is 3.97. The van der Waals surface area contributed by atoms with Crippen molar-refractivity contribution >= 4 is 66.2 Å². The summed E-state index contributed by atoms with van der Waals surface area (Å²) in [6, 6.07) is 18.0. The van der Waals surface area contributed by atoms with Gasteiger partial charge in [0.1, 0.15) is 5.69 Å². The van der Waals surface area contributed by atoms with Crippen molar-refractivity contribution < 1.29 is 23.9 Å². The van der Waals surface area contributed by atoms with Gasteiger partial charge in [0.25, 0.3) is 5.91 Å². The molecule has 39 heavy (non-hydrogen) atoms. The van der Waals surface area contributed by atoms with Crippen LogP contribution in [0.3, 0.4) is 0 Å². The van der Waals surface area contributed by atoms with Gasteiger partial charge in [-0.3, -0.25) is 19.8 Å². The number of fused-ring (bicyclic) bond motifs is 1. The van der Waals surface area contributed by atoms with Crippen LogP contribution in [-0.4, -0.2) is 43.2 Å². The number of carbonyl (C=O) groups is 3. The number of hydrogen-bond donors (Lipinski definition) is 3. The average Bonchev–Trinajstić information content (AvgIpc) is 3.27. The number of carbonyl (C=O) groups excluding carboxylic acids is 3. The van der Waals surface area contributed by atoms with Crippen molar-refractivity contribution in [2.45, 2.75) is 13.3 Å². The Morgan fingerprint density at radius 1 is 0.872 bits per heavy atom. The van der Waals surface area contributed by atoms with Crippen molar-refractivity contribution in [1.29, 1.82) is 0 Å². The van der Waals surface area contributed by atoms with Crippen LogP contribution in [0, 0.1) is 6.92 Å². The Hall–Kier alpha value is -3.83. The molecule has 1 heterocycles. The zero-order valence-corrected chi connectivity index (χ0v) is 24.6. The maximum absolute atomic E-state index is 13.3. The molecule has 0 aliphatic rings. The second-order valence-electron chi connectivity index (χ2n) is 8.64. The van der Waals surface area contributed by atoms with Gasteiger partial charge in [0.05, 0.1) is 25.4 Å². The molecule has 0 bridgehead atoms. The lowest BCUT2D eigenvalue weighted by Gasteiger charge is -2.14. The number of nitrogens with zero attached hydrogens (tertiary/aromatic N) is 1. The van der Waals surface area contributed by atoms with E-state index in [0.717, 1.165) is 20.1 Å². The van der Waals surface area contributed by atoms with Gasteiger partial charge >= 0.3 is 11.8 Å². The summed E-state index contributed by atoms with van der Waals surface area (Å²) in [6.45, 7) is 2.16.